The summed E-state index contributed by atoms with van der Waals surface area (Å²) in [6.45, 7) is 3.73. The third kappa shape index (κ3) is 4.47. The van der Waals surface area contributed by atoms with Crippen LogP contribution in [-0.4, -0.2) is 18.5 Å². The predicted molar refractivity (Wildman–Crippen MR) is 66.1 cm³/mol. The summed E-state index contributed by atoms with van der Waals surface area (Å²) >= 11 is 5.54. The Morgan fingerprint density at radius 3 is 2.62 bits per heavy atom. The van der Waals surface area contributed by atoms with Crippen LogP contribution in [0.3, 0.4) is 0 Å². The monoisotopic (exact) mass is 238 g/mol. The zero-order valence-electron chi connectivity index (χ0n) is 8.95. The van der Waals surface area contributed by atoms with E-state index in [0.29, 0.717) is 11.5 Å². The lowest BCUT2D eigenvalue weighted by Gasteiger charge is -2.11. The standard InChI is InChI=1S/C12H15ClN2O/c1-9(13)8-15-12(16)11(14)7-10-5-3-2-4-6-10/h2-6,11H,1,7-8,14H2,(H,15,16). The highest BCUT2D eigenvalue weighted by atomic mass is 35.5. The third-order valence-electron chi connectivity index (χ3n) is 2.09. The second kappa shape index (κ2) is 6.30. The second-order valence-corrected chi connectivity index (χ2v) is 4.07. The van der Waals surface area contributed by atoms with E-state index in [1.807, 2.05) is 30.3 Å². The molecule has 0 aliphatic heterocycles. The highest BCUT2D eigenvalue weighted by molar-refractivity contribution is 6.29. The van der Waals surface area contributed by atoms with Crippen molar-refractivity contribution in [2.45, 2.75) is 12.5 Å². The van der Waals surface area contributed by atoms with Gasteiger partial charge in [0.25, 0.3) is 0 Å². The molecule has 0 aromatic heterocycles. The Hall–Kier alpha value is -1.32. The van der Waals surface area contributed by atoms with E-state index in [-0.39, 0.29) is 12.5 Å². The maximum atomic E-state index is 11.5. The number of nitrogens with one attached hydrogen (secondary N) is 1. The smallest absolute Gasteiger partial charge is 0.237 e. The second-order valence-electron chi connectivity index (χ2n) is 3.53. The molecule has 0 bridgehead atoms. The largest absolute Gasteiger partial charge is 0.350 e. The summed E-state index contributed by atoms with van der Waals surface area (Å²) in [6, 6.07) is 9.08. The number of benzene rings is 1. The van der Waals surface area contributed by atoms with Gasteiger partial charge >= 0.3 is 0 Å². The molecule has 0 radical (unpaired) electrons. The average molecular weight is 239 g/mol. The SMILES string of the molecule is C=C(Cl)CNC(=O)C(N)Cc1ccccc1. The molecule has 16 heavy (non-hydrogen) atoms. The molecule has 0 fully saturated rings. The first-order valence-electron chi connectivity index (χ1n) is 5.00. The number of carbonyl (C=O) groups excluding carboxylic acids is 1. The van der Waals surface area contributed by atoms with E-state index in [0.717, 1.165) is 5.56 Å². The van der Waals surface area contributed by atoms with Crippen LogP contribution in [0.25, 0.3) is 0 Å². The molecule has 0 aliphatic carbocycles. The lowest BCUT2D eigenvalue weighted by molar-refractivity contribution is -0.122. The van der Waals surface area contributed by atoms with Crippen molar-refractivity contribution in [2.24, 2.45) is 5.73 Å². The summed E-state index contributed by atoms with van der Waals surface area (Å²) in [4.78, 5) is 11.5. The molecule has 3 N–H and O–H groups in total. The summed E-state index contributed by atoms with van der Waals surface area (Å²) in [5.74, 6) is -0.217. The number of carbonyl (C=O) groups is 1. The van der Waals surface area contributed by atoms with Crippen LogP contribution in [0.2, 0.25) is 0 Å². The van der Waals surface area contributed by atoms with Crippen molar-refractivity contribution in [2.75, 3.05) is 6.54 Å². The van der Waals surface area contributed by atoms with Crippen LogP contribution in [-0.2, 0) is 11.2 Å². The molecule has 1 atom stereocenters. The van der Waals surface area contributed by atoms with Crippen LogP contribution in [0, 0.1) is 0 Å². The molecule has 0 aliphatic rings. The van der Waals surface area contributed by atoms with E-state index in [1.165, 1.54) is 0 Å². The van der Waals surface area contributed by atoms with Gasteiger partial charge in [-0.25, -0.2) is 0 Å². The van der Waals surface area contributed by atoms with Crippen LogP contribution >= 0.6 is 11.6 Å². The van der Waals surface area contributed by atoms with Gasteiger partial charge in [-0.15, -0.1) is 0 Å². The lowest BCUT2D eigenvalue weighted by Crippen LogP contribution is -2.42. The molecule has 0 saturated heterocycles. The maximum Gasteiger partial charge on any atom is 0.237 e. The average Bonchev–Trinajstić information content (AvgIpc) is 2.27. The number of halogens is 1. The molecular formula is C12H15ClN2O. The van der Waals surface area contributed by atoms with E-state index in [2.05, 4.69) is 11.9 Å². The molecule has 1 aromatic rings. The van der Waals surface area contributed by atoms with Gasteiger partial charge in [0, 0.05) is 5.03 Å². The van der Waals surface area contributed by atoms with Crippen molar-refractivity contribution in [1.82, 2.24) is 5.32 Å². The van der Waals surface area contributed by atoms with E-state index >= 15 is 0 Å². The maximum absolute atomic E-state index is 11.5. The highest BCUT2D eigenvalue weighted by Gasteiger charge is 2.13. The van der Waals surface area contributed by atoms with Crippen LogP contribution in [0.4, 0.5) is 0 Å². The number of hydrogen-bond donors (Lipinski definition) is 2. The Morgan fingerprint density at radius 1 is 1.44 bits per heavy atom. The van der Waals surface area contributed by atoms with E-state index in [1.54, 1.807) is 0 Å². The van der Waals surface area contributed by atoms with Gasteiger partial charge in [-0.2, -0.15) is 0 Å². The highest BCUT2D eigenvalue weighted by Crippen LogP contribution is 2.02. The molecule has 86 valence electrons. The van der Waals surface area contributed by atoms with Crippen LogP contribution in [0.15, 0.2) is 41.9 Å². The summed E-state index contributed by atoms with van der Waals surface area (Å²) in [6.07, 6.45) is 0.515. The van der Waals surface area contributed by atoms with Crippen LogP contribution < -0.4 is 11.1 Å². The number of nitrogens with two attached hydrogens (primary N) is 1. The van der Waals surface area contributed by atoms with Gasteiger partial charge in [-0.3, -0.25) is 4.79 Å². The molecular weight excluding hydrogens is 224 g/mol. The summed E-state index contributed by atoms with van der Waals surface area (Å²) < 4.78 is 0. The minimum Gasteiger partial charge on any atom is -0.350 e. The Morgan fingerprint density at radius 2 is 2.06 bits per heavy atom. The normalized spacial score (nSPS) is 11.9. The lowest BCUT2D eigenvalue weighted by atomic mass is 10.1. The Kier molecular flexibility index (Phi) is 5.02. The van der Waals surface area contributed by atoms with Gasteiger partial charge in [0.2, 0.25) is 5.91 Å². The molecule has 1 amide bonds. The van der Waals surface area contributed by atoms with E-state index in [9.17, 15) is 4.79 Å². The molecule has 0 saturated carbocycles. The molecule has 4 heteroatoms. The van der Waals surface area contributed by atoms with Gasteiger partial charge in [0.15, 0.2) is 0 Å². The third-order valence-corrected chi connectivity index (χ3v) is 2.22. The Labute approximate surface area is 100 Å². The van der Waals surface area contributed by atoms with E-state index < -0.39 is 6.04 Å². The van der Waals surface area contributed by atoms with Crippen molar-refractivity contribution < 1.29 is 4.79 Å². The summed E-state index contributed by atoms with van der Waals surface area (Å²) in [5.41, 5.74) is 6.79. The molecule has 3 nitrogen and oxygen atoms in total. The van der Waals surface area contributed by atoms with Crippen molar-refractivity contribution in [1.29, 1.82) is 0 Å². The summed E-state index contributed by atoms with van der Waals surface area (Å²) in [5, 5.41) is 3.00. The fraction of sp³-hybridized carbons (Fsp3) is 0.250. The first-order chi connectivity index (χ1) is 7.59. The van der Waals surface area contributed by atoms with Crippen LogP contribution in [0.1, 0.15) is 5.56 Å². The van der Waals surface area contributed by atoms with Crippen molar-refractivity contribution >= 4 is 17.5 Å². The van der Waals surface area contributed by atoms with Gasteiger partial charge in [-0.05, 0) is 12.0 Å². The molecule has 0 heterocycles. The number of hydrogen-bond acceptors (Lipinski definition) is 2. The van der Waals surface area contributed by atoms with Gasteiger partial charge in [-0.1, -0.05) is 48.5 Å². The summed E-state index contributed by atoms with van der Waals surface area (Å²) in [7, 11) is 0. The zero-order chi connectivity index (χ0) is 12.0. The molecule has 1 aromatic carbocycles. The zero-order valence-corrected chi connectivity index (χ0v) is 9.70. The fourth-order valence-corrected chi connectivity index (χ4v) is 1.34. The van der Waals surface area contributed by atoms with Gasteiger partial charge in [0.1, 0.15) is 0 Å². The molecule has 0 spiro atoms. The van der Waals surface area contributed by atoms with Crippen molar-refractivity contribution in [3.63, 3.8) is 0 Å². The topological polar surface area (TPSA) is 55.1 Å². The first kappa shape index (κ1) is 12.7. The number of amides is 1. The minimum atomic E-state index is -0.557. The fourth-order valence-electron chi connectivity index (χ4n) is 1.27. The Balaban J connectivity index is 2.43. The quantitative estimate of drug-likeness (QED) is 0.815. The molecule has 1 unspecified atom stereocenters. The van der Waals surface area contributed by atoms with Crippen molar-refractivity contribution in [3.8, 4) is 0 Å². The minimum absolute atomic E-state index is 0.217. The van der Waals surface area contributed by atoms with E-state index in [4.69, 9.17) is 17.3 Å². The van der Waals surface area contributed by atoms with Crippen molar-refractivity contribution in [3.05, 3.63) is 47.5 Å². The first-order valence-corrected chi connectivity index (χ1v) is 5.38. The number of rotatable bonds is 5. The Bertz CT molecular complexity index is 365. The van der Waals surface area contributed by atoms with Gasteiger partial charge < -0.3 is 11.1 Å². The molecule has 1 rings (SSSR count). The predicted octanol–water partition coefficient (Wildman–Crippen LogP) is 1.43. The van der Waals surface area contributed by atoms with Crippen LogP contribution in [0.5, 0.6) is 0 Å². The van der Waals surface area contributed by atoms with Gasteiger partial charge in [0.05, 0.1) is 12.6 Å².